The van der Waals surface area contributed by atoms with Crippen molar-refractivity contribution in [2.75, 3.05) is 12.4 Å². The first-order valence-corrected chi connectivity index (χ1v) is 10.9. The van der Waals surface area contributed by atoms with Gasteiger partial charge >= 0.3 is 0 Å². The highest BCUT2D eigenvalue weighted by Gasteiger charge is 2.22. The molecule has 0 saturated heterocycles. The van der Waals surface area contributed by atoms with E-state index in [1.807, 2.05) is 22.8 Å². The van der Waals surface area contributed by atoms with E-state index in [2.05, 4.69) is 74.3 Å². The molecule has 3 rings (SSSR count). The normalized spacial score (nSPS) is 12.9. The molecular weight excluding hydrogens is 382 g/mol. The summed E-state index contributed by atoms with van der Waals surface area (Å²) in [4.78, 5) is 0. The third-order valence-corrected chi connectivity index (χ3v) is 6.12. The van der Waals surface area contributed by atoms with E-state index in [0.717, 1.165) is 10.9 Å². The fourth-order valence-electron chi connectivity index (χ4n) is 3.09. The molecule has 0 aliphatic heterocycles. The standard InChI is InChI=1S/C23H29N3O2S/c1-17(2)26-16-24-25-22(26)29-15-20(27)14-28-21-12-10-19(11-13-21)23(3,4)18-8-6-5-7-9-18/h5-13,16-17,20,27H,14-15H2,1-4H3. The lowest BCUT2D eigenvalue weighted by molar-refractivity contribution is 0.126. The van der Waals surface area contributed by atoms with Crippen molar-refractivity contribution < 1.29 is 9.84 Å². The summed E-state index contributed by atoms with van der Waals surface area (Å²) >= 11 is 1.49. The summed E-state index contributed by atoms with van der Waals surface area (Å²) in [5.41, 5.74) is 2.41. The van der Waals surface area contributed by atoms with Crippen LogP contribution in [-0.4, -0.2) is 38.3 Å². The summed E-state index contributed by atoms with van der Waals surface area (Å²) in [6.07, 6.45) is 1.13. The Kier molecular flexibility index (Phi) is 6.98. The number of rotatable bonds is 9. The molecule has 154 valence electrons. The lowest BCUT2D eigenvalue weighted by atomic mass is 9.78. The fourth-order valence-corrected chi connectivity index (χ4v) is 4.04. The Bertz CT molecular complexity index is 892. The van der Waals surface area contributed by atoms with E-state index in [1.54, 1.807) is 6.33 Å². The van der Waals surface area contributed by atoms with Crippen LogP contribution in [0.1, 0.15) is 44.9 Å². The van der Waals surface area contributed by atoms with Crippen molar-refractivity contribution in [3.63, 3.8) is 0 Å². The molecule has 29 heavy (non-hydrogen) atoms. The van der Waals surface area contributed by atoms with Crippen LogP contribution in [-0.2, 0) is 5.41 Å². The maximum Gasteiger partial charge on any atom is 0.191 e. The number of aromatic nitrogens is 3. The van der Waals surface area contributed by atoms with E-state index in [0.29, 0.717) is 11.8 Å². The van der Waals surface area contributed by atoms with Crippen molar-refractivity contribution >= 4 is 11.8 Å². The van der Waals surface area contributed by atoms with Crippen LogP contribution in [0.15, 0.2) is 66.1 Å². The second kappa shape index (κ2) is 9.46. The number of aliphatic hydroxyl groups is 1. The molecule has 5 nitrogen and oxygen atoms in total. The molecule has 0 bridgehead atoms. The maximum absolute atomic E-state index is 10.3. The van der Waals surface area contributed by atoms with E-state index in [9.17, 15) is 5.11 Å². The molecule has 6 heteroatoms. The molecule has 0 amide bonds. The highest BCUT2D eigenvalue weighted by Crippen LogP contribution is 2.32. The number of thioether (sulfide) groups is 1. The van der Waals surface area contributed by atoms with Gasteiger partial charge in [0.15, 0.2) is 5.16 Å². The van der Waals surface area contributed by atoms with Gasteiger partial charge < -0.3 is 14.4 Å². The van der Waals surface area contributed by atoms with E-state index in [-0.39, 0.29) is 12.0 Å². The van der Waals surface area contributed by atoms with E-state index in [1.165, 1.54) is 22.9 Å². The number of ether oxygens (including phenoxy) is 1. The van der Waals surface area contributed by atoms with Gasteiger partial charge in [-0.3, -0.25) is 0 Å². The van der Waals surface area contributed by atoms with Crippen LogP contribution in [0.4, 0.5) is 0 Å². The van der Waals surface area contributed by atoms with Crippen LogP contribution >= 0.6 is 11.8 Å². The predicted molar refractivity (Wildman–Crippen MR) is 118 cm³/mol. The first-order chi connectivity index (χ1) is 13.9. The highest BCUT2D eigenvalue weighted by molar-refractivity contribution is 7.99. The Hall–Kier alpha value is -2.31. The van der Waals surface area contributed by atoms with Crippen molar-refractivity contribution in [2.24, 2.45) is 0 Å². The van der Waals surface area contributed by atoms with Crippen LogP contribution in [0.3, 0.4) is 0 Å². The number of nitrogens with zero attached hydrogens (tertiary/aromatic N) is 3. The lowest BCUT2D eigenvalue weighted by Gasteiger charge is -2.26. The Morgan fingerprint density at radius 3 is 2.34 bits per heavy atom. The molecular formula is C23H29N3O2S. The molecule has 0 radical (unpaired) electrons. The average molecular weight is 412 g/mol. The van der Waals surface area contributed by atoms with Gasteiger partial charge in [0.05, 0.1) is 6.10 Å². The second-order valence-corrected chi connectivity index (χ2v) is 8.89. The Morgan fingerprint density at radius 2 is 1.69 bits per heavy atom. The molecule has 0 aliphatic carbocycles. The SMILES string of the molecule is CC(C)n1cnnc1SCC(O)COc1ccc(C(C)(C)c2ccccc2)cc1. The van der Waals surface area contributed by atoms with Crippen molar-refractivity contribution in [1.82, 2.24) is 14.8 Å². The van der Waals surface area contributed by atoms with Gasteiger partial charge in [-0.25, -0.2) is 0 Å². The molecule has 2 aromatic carbocycles. The molecule has 1 heterocycles. The van der Waals surface area contributed by atoms with E-state index >= 15 is 0 Å². The summed E-state index contributed by atoms with van der Waals surface area (Å²) in [6.45, 7) is 8.83. The summed E-state index contributed by atoms with van der Waals surface area (Å²) in [6, 6.07) is 18.9. The molecule has 3 aromatic rings. The van der Waals surface area contributed by atoms with Crippen molar-refractivity contribution in [3.8, 4) is 5.75 Å². The van der Waals surface area contributed by atoms with Gasteiger partial charge in [-0.15, -0.1) is 10.2 Å². The number of aliphatic hydroxyl groups excluding tert-OH is 1. The van der Waals surface area contributed by atoms with Crippen molar-refractivity contribution in [2.45, 2.75) is 50.4 Å². The Morgan fingerprint density at radius 1 is 1.03 bits per heavy atom. The zero-order valence-electron chi connectivity index (χ0n) is 17.4. The molecule has 1 aromatic heterocycles. The molecule has 1 unspecified atom stereocenters. The Balaban J connectivity index is 1.53. The smallest absolute Gasteiger partial charge is 0.191 e. The summed E-state index contributed by atoms with van der Waals surface area (Å²) in [7, 11) is 0. The van der Waals surface area contributed by atoms with Gasteiger partial charge in [0.1, 0.15) is 18.7 Å². The van der Waals surface area contributed by atoms with E-state index < -0.39 is 6.10 Å². The topological polar surface area (TPSA) is 60.2 Å². The zero-order chi connectivity index (χ0) is 20.9. The number of benzene rings is 2. The molecule has 0 spiro atoms. The minimum Gasteiger partial charge on any atom is -0.491 e. The molecule has 0 fully saturated rings. The quantitative estimate of drug-likeness (QED) is 0.517. The summed E-state index contributed by atoms with van der Waals surface area (Å²) in [5, 5.41) is 19.1. The second-order valence-electron chi connectivity index (χ2n) is 7.91. The Labute approximate surface area is 177 Å². The first kappa shape index (κ1) is 21.4. The zero-order valence-corrected chi connectivity index (χ0v) is 18.3. The van der Waals surface area contributed by atoms with Crippen LogP contribution in [0, 0.1) is 0 Å². The van der Waals surface area contributed by atoms with Gasteiger partial charge in [-0.2, -0.15) is 0 Å². The summed E-state index contributed by atoms with van der Waals surface area (Å²) in [5.74, 6) is 1.26. The van der Waals surface area contributed by atoms with Gasteiger partial charge in [0, 0.05) is 17.2 Å². The minimum absolute atomic E-state index is 0.0810. The van der Waals surface area contributed by atoms with Gasteiger partial charge in [-0.05, 0) is 37.1 Å². The maximum atomic E-state index is 10.3. The number of hydrogen-bond acceptors (Lipinski definition) is 5. The van der Waals surface area contributed by atoms with Crippen LogP contribution in [0.5, 0.6) is 5.75 Å². The van der Waals surface area contributed by atoms with Gasteiger partial charge in [-0.1, -0.05) is 68.1 Å². The summed E-state index contributed by atoms with van der Waals surface area (Å²) < 4.78 is 7.77. The van der Waals surface area contributed by atoms with Crippen LogP contribution < -0.4 is 4.74 Å². The van der Waals surface area contributed by atoms with Crippen molar-refractivity contribution in [3.05, 3.63) is 72.1 Å². The number of hydrogen-bond donors (Lipinski definition) is 1. The van der Waals surface area contributed by atoms with Gasteiger partial charge in [0.2, 0.25) is 0 Å². The third-order valence-electron chi connectivity index (χ3n) is 5.02. The highest BCUT2D eigenvalue weighted by atomic mass is 32.2. The largest absolute Gasteiger partial charge is 0.491 e. The average Bonchev–Trinajstić information content (AvgIpc) is 3.21. The molecule has 1 atom stereocenters. The van der Waals surface area contributed by atoms with E-state index in [4.69, 9.17) is 4.74 Å². The predicted octanol–water partition coefficient (Wildman–Crippen LogP) is 4.72. The van der Waals surface area contributed by atoms with Gasteiger partial charge in [0.25, 0.3) is 0 Å². The molecule has 0 aliphatic rings. The minimum atomic E-state index is -0.585. The van der Waals surface area contributed by atoms with Crippen LogP contribution in [0.2, 0.25) is 0 Å². The fraction of sp³-hybridized carbons (Fsp3) is 0.391. The molecule has 0 saturated carbocycles. The lowest BCUT2D eigenvalue weighted by Crippen LogP contribution is -2.21. The monoisotopic (exact) mass is 411 g/mol. The molecule has 1 N–H and O–H groups in total. The first-order valence-electron chi connectivity index (χ1n) is 9.87. The third kappa shape index (κ3) is 5.40. The van der Waals surface area contributed by atoms with Crippen molar-refractivity contribution in [1.29, 1.82) is 0 Å². The van der Waals surface area contributed by atoms with Crippen LogP contribution in [0.25, 0.3) is 0 Å².